The van der Waals surface area contributed by atoms with Crippen LogP contribution in [0.1, 0.15) is 30.4 Å². The molecule has 3 nitrogen and oxygen atoms in total. The van der Waals surface area contributed by atoms with Crippen LogP contribution in [0, 0.1) is 31.1 Å². The fourth-order valence-electron chi connectivity index (χ4n) is 4.29. The van der Waals surface area contributed by atoms with Gasteiger partial charge in [-0.3, -0.25) is 14.5 Å². The number of amides is 2. The molecule has 2 fully saturated rings. The Morgan fingerprint density at radius 1 is 1.14 bits per heavy atom. The normalized spacial score (nSPS) is 33.7. The Hall–Kier alpha value is -1.90. The molecule has 1 heterocycles. The lowest BCUT2D eigenvalue weighted by molar-refractivity contribution is -0.126. The topological polar surface area (TPSA) is 37.4 Å². The zero-order valence-corrected chi connectivity index (χ0v) is 12.4. The molecule has 1 aliphatic heterocycles. The zero-order chi connectivity index (χ0) is 14.8. The fourth-order valence-corrected chi connectivity index (χ4v) is 4.29. The van der Waals surface area contributed by atoms with Crippen LogP contribution in [0.15, 0.2) is 30.4 Å². The summed E-state index contributed by atoms with van der Waals surface area (Å²) in [5.41, 5.74) is 2.57. The summed E-state index contributed by atoms with van der Waals surface area (Å²) >= 11 is 0. The third-order valence-electron chi connectivity index (χ3n) is 5.60. The molecule has 2 aliphatic carbocycles. The van der Waals surface area contributed by atoms with Crippen molar-refractivity contribution in [2.45, 2.75) is 33.1 Å². The highest BCUT2D eigenvalue weighted by Gasteiger charge is 2.60. The van der Waals surface area contributed by atoms with Crippen LogP contribution in [0.3, 0.4) is 0 Å². The third kappa shape index (κ3) is 1.60. The molecule has 1 spiro atoms. The minimum Gasteiger partial charge on any atom is -0.274 e. The maximum atomic E-state index is 13.0. The van der Waals surface area contributed by atoms with Gasteiger partial charge in [-0.15, -0.1) is 0 Å². The summed E-state index contributed by atoms with van der Waals surface area (Å²) in [4.78, 5) is 26.9. The number of imide groups is 1. The van der Waals surface area contributed by atoms with E-state index in [1.54, 1.807) is 0 Å². The molecule has 1 saturated carbocycles. The molecular formula is C18H19NO2. The maximum absolute atomic E-state index is 13.0. The molecule has 2 bridgehead atoms. The lowest BCUT2D eigenvalue weighted by atomic mass is 9.74. The van der Waals surface area contributed by atoms with Gasteiger partial charge in [-0.1, -0.05) is 18.2 Å². The molecule has 1 aromatic rings. The molecule has 4 rings (SSSR count). The molecule has 0 unspecified atom stereocenters. The Balaban J connectivity index is 1.74. The number of carbonyl (C=O) groups is 2. The van der Waals surface area contributed by atoms with E-state index in [0.29, 0.717) is 12.3 Å². The first-order valence-corrected chi connectivity index (χ1v) is 7.64. The zero-order valence-electron chi connectivity index (χ0n) is 12.4. The Morgan fingerprint density at radius 3 is 2.57 bits per heavy atom. The predicted octanol–water partition coefficient (Wildman–Crippen LogP) is 3.15. The van der Waals surface area contributed by atoms with Crippen LogP contribution in [0.25, 0.3) is 0 Å². The standard InChI is InChI=1S/C18H19NO2/c1-11-3-6-15(7-12(11)2)19-16(20)10-18(17(19)21)9-13-4-5-14(18)8-13/h3-7,13-14H,8-10H2,1-2H3/t13-,14-,18+/m0/s1. The van der Waals surface area contributed by atoms with Gasteiger partial charge >= 0.3 is 0 Å². The van der Waals surface area contributed by atoms with Gasteiger partial charge in [0.2, 0.25) is 11.8 Å². The third-order valence-corrected chi connectivity index (χ3v) is 5.60. The van der Waals surface area contributed by atoms with E-state index in [2.05, 4.69) is 12.2 Å². The first kappa shape index (κ1) is 12.8. The van der Waals surface area contributed by atoms with Gasteiger partial charge < -0.3 is 0 Å². The number of hydrogen-bond acceptors (Lipinski definition) is 2. The van der Waals surface area contributed by atoms with E-state index in [1.165, 1.54) is 10.5 Å². The first-order valence-electron chi connectivity index (χ1n) is 7.64. The summed E-state index contributed by atoms with van der Waals surface area (Å²) in [5.74, 6) is 0.735. The van der Waals surface area contributed by atoms with Crippen molar-refractivity contribution in [2.75, 3.05) is 4.90 Å². The van der Waals surface area contributed by atoms with E-state index in [-0.39, 0.29) is 17.7 Å². The van der Waals surface area contributed by atoms with Crippen molar-refractivity contribution < 1.29 is 9.59 Å². The second-order valence-corrected chi connectivity index (χ2v) is 6.83. The summed E-state index contributed by atoms with van der Waals surface area (Å²) in [6.45, 7) is 4.05. The van der Waals surface area contributed by atoms with E-state index < -0.39 is 5.41 Å². The Bertz CT molecular complexity index is 690. The molecule has 0 N–H and O–H groups in total. The van der Waals surface area contributed by atoms with Crippen molar-refractivity contribution in [3.8, 4) is 0 Å². The second kappa shape index (κ2) is 4.06. The van der Waals surface area contributed by atoms with Crippen LogP contribution in [0.5, 0.6) is 0 Å². The quantitative estimate of drug-likeness (QED) is 0.586. The van der Waals surface area contributed by atoms with Gasteiger partial charge in [-0.25, -0.2) is 0 Å². The molecule has 21 heavy (non-hydrogen) atoms. The maximum Gasteiger partial charge on any atom is 0.241 e. The highest BCUT2D eigenvalue weighted by molar-refractivity contribution is 6.23. The number of carbonyl (C=O) groups excluding carboxylic acids is 2. The summed E-state index contributed by atoms with van der Waals surface area (Å²) in [7, 11) is 0. The van der Waals surface area contributed by atoms with E-state index in [0.717, 1.165) is 24.1 Å². The van der Waals surface area contributed by atoms with E-state index in [4.69, 9.17) is 0 Å². The summed E-state index contributed by atoms with van der Waals surface area (Å²) in [6, 6.07) is 5.82. The largest absolute Gasteiger partial charge is 0.274 e. The van der Waals surface area contributed by atoms with Gasteiger partial charge in [0, 0.05) is 6.42 Å². The van der Waals surface area contributed by atoms with Crippen LogP contribution in [0.2, 0.25) is 0 Å². The number of aryl methyl sites for hydroxylation is 2. The number of fused-ring (bicyclic) bond motifs is 3. The lowest BCUT2D eigenvalue weighted by Gasteiger charge is -2.28. The van der Waals surface area contributed by atoms with Gasteiger partial charge in [0.15, 0.2) is 0 Å². The van der Waals surface area contributed by atoms with E-state index in [9.17, 15) is 9.59 Å². The van der Waals surface area contributed by atoms with Crippen molar-refractivity contribution in [2.24, 2.45) is 17.3 Å². The highest BCUT2D eigenvalue weighted by atomic mass is 16.2. The number of allylic oxidation sites excluding steroid dienone is 2. The van der Waals surface area contributed by atoms with Crippen molar-refractivity contribution in [1.29, 1.82) is 0 Å². The van der Waals surface area contributed by atoms with Gasteiger partial charge in [0.05, 0.1) is 11.1 Å². The lowest BCUT2D eigenvalue weighted by Crippen LogP contribution is -2.38. The smallest absolute Gasteiger partial charge is 0.241 e. The Kier molecular flexibility index (Phi) is 2.48. The van der Waals surface area contributed by atoms with Gasteiger partial charge in [0.1, 0.15) is 0 Å². The summed E-state index contributed by atoms with van der Waals surface area (Å²) < 4.78 is 0. The molecule has 108 valence electrons. The summed E-state index contributed by atoms with van der Waals surface area (Å²) in [5, 5.41) is 0. The molecule has 3 aliphatic rings. The molecule has 0 aromatic heterocycles. The van der Waals surface area contributed by atoms with Crippen molar-refractivity contribution in [3.05, 3.63) is 41.5 Å². The minimum atomic E-state index is -0.449. The SMILES string of the molecule is Cc1ccc(N2C(=O)C[C@@]3(C[C@H]4C=C[C@H]3C4)C2=O)cc1C. The first-order chi connectivity index (χ1) is 10.0. The molecule has 1 aromatic carbocycles. The van der Waals surface area contributed by atoms with E-state index >= 15 is 0 Å². The minimum absolute atomic E-state index is 0.0209. The molecule has 3 atom stereocenters. The number of nitrogens with zero attached hydrogens (tertiary/aromatic N) is 1. The Labute approximate surface area is 124 Å². The number of hydrogen-bond donors (Lipinski definition) is 0. The van der Waals surface area contributed by atoms with Crippen LogP contribution in [-0.2, 0) is 9.59 Å². The molecule has 3 heteroatoms. The average Bonchev–Trinajstić information content (AvgIpc) is 3.09. The number of rotatable bonds is 1. The van der Waals surface area contributed by atoms with Crippen LogP contribution in [-0.4, -0.2) is 11.8 Å². The predicted molar refractivity (Wildman–Crippen MR) is 80.8 cm³/mol. The highest BCUT2D eigenvalue weighted by Crippen LogP contribution is 2.57. The van der Waals surface area contributed by atoms with Crippen LogP contribution >= 0.6 is 0 Å². The Morgan fingerprint density at radius 2 is 1.95 bits per heavy atom. The molecule has 2 amide bonds. The van der Waals surface area contributed by atoms with Crippen molar-refractivity contribution >= 4 is 17.5 Å². The monoisotopic (exact) mass is 281 g/mol. The molecule has 1 saturated heterocycles. The van der Waals surface area contributed by atoms with Gasteiger partial charge in [0.25, 0.3) is 0 Å². The fraction of sp³-hybridized carbons (Fsp3) is 0.444. The van der Waals surface area contributed by atoms with Crippen molar-refractivity contribution in [3.63, 3.8) is 0 Å². The van der Waals surface area contributed by atoms with Crippen LogP contribution in [0.4, 0.5) is 5.69 Å². The molecule has 0 radical (unpaired) electrons. The second-order valence-electron chi connectivity index (χ2n) is 6.83. The van der Waals surface area contributed by atoms with Crippen molar-refractivity contribution in [1.82, 2.24) is 0 Å². The number of benzene rings is 1. The van der Waals surface area contributed by atoms with E-state index in [1.807, 2.05) is 32.0 Å². The van der Waals surface area contributed by atoms with Crippen LogP contribution < -0.4 is 4.90 Å². The average molecular weight is 281 g/mol. The van der Waals surface area contributed by atoms with Gasteiger partial charge in [-0.2, -0.15) is 0 Å². The summed E-state index contributed by atoms with van der Waals surface area (Å²) in [6.07, 6.45) is 6.64. The van der Waals surface area contributed by atoms with Gasteiger partial charge in [-0.05, 0) is 61.8 Å². The molecular weight excluding hydrogens is 262 g/mol. The number of anilines is 1.